The van der Waals surface area contributed by atoms with Gasteiger partial charge in [-0.15, -0.1) is 35.3 Å². The maximum absolute atomic E-state index is 11.6. The summed E-state index contributed by atoms with van der Waals surface area (Å²) < 4.78 is 0. The van der Waals surface area contributed by atoms with E-state index < -0.39 is 0 Å². The van der Waals surface area contributed by atoms with Crippen molar-refractivity contribution in [2.75, 3.05) is 33.7 Å². The zero-order chi connectivity index (χ0) is 15.1. The molecule has 1 fully saturated rings. The SMILES string of the molecule is CN(C)C(=O)CN=C(NCCc1cccs1)NCC1CC1.I. The fourth-order valence-corrected chi connectivity index (χ4v) is 2.49. The first kappa shape index (κ1) is 19.2. The third-order valence-electron chi connectivity index (χ3n) is 3.37. The summed E-state index contributed by atoms with van der Waals surface area (Å²) in [6.07, 6.45) is 3.57. The van der Waals surface area contributed by atoms with Crippen LogP contribution < -0.4 is 10.6 Å². The van der Waals surface area contributed by atoms with Crippen LogP contribution in [0.2, 0.25) is 0 Å². The van der Waals surface area contributed by atoms with Crippen LogP contribution in [-0.4, -0.2) is 50.5 Å². The number of hydrogen-bond acceptors (Lipinski definition) is 3. The van der Waals surface area contributed by atoms with E-state index in [-0.39, 0.29) is 36.4 Å². The van der Waals surface area contributed by atoms with E-state index in [0.717, 1.165) is 31.4 Å². The summed E-state index contributed by atoms with van der Waals surface area (Å²) in [4.78, 5) is 18.9. The number of halogens is 1. The van der Waals surface area contributed by atoms with E-state index in [4.69, 9.17) is 0 Å². The van der Waals surface area contributed by atoms with Crippen molar-refractivity contribution in [1.29, 1.82) is 0 Å². The monoisotopic (exact) mass is 436 g/mol. The average Bonchev–Trinajstić information content (AvgIpc) is 3.15. The van der Waals surface area contributed by atoms with Gasteiger partial charge in [0.05, 0.1) is 0 Å². The van der Waals surface area contributed by atoms with Gasteiger partial charge in [-0.2, -0.15) is 0 Å². The van der Waals surface area contributed by atoms with E-state index in [1.807, 2.05) is 0 Å². The molecule has 0 saturated heterocycles. The van der Waals surface area contributed by atoms with Crippen LogP contribution in [0.4, 0.5) is 0 Å². The maximum atomic E-state index is 11.6. The summed E-state index contributed by atoms with van der Waals surface area (Å²) in [6, 6.07) is 4.20. The summed E-state index contributed by atoms with van der Waals surface area (Å²) in [5.41, 5.74) is 0. The molecular formula is C15H25IN4OS. The molecule has 2 N–H and O–H groups in total. The number of hydrogen-bond donors (Lipinski definition) is 2. The quantitative estimate of drug-likeness (QED) is 0.390. The molecule has 0 aliphatic heterocycles. The van der Waals surface area contributed by atoms with Crippen LogP contribution in [0, 0.1) is 5.92 Å². The van der Waals surface area contributed by atoms with Gasteiger partial charge in [0, 0.05) is 32.1 Å². The molecule has 1 heterocycles. The van der Waals surface area contributed by atoms with Gasteiger partial charge in [-0.05, 0) is 36.6 Å². The number of aliphatic imine (C=N–C) groups is 1. The Balaban J connectivity index is 0.00000242. The van der Waals surface area contributed by atoms with Crippen molar-refractivity contribution in [2.24, 2.45) is 10.9 Å². The van der Waals surface area contributed by atoms with Crippen LogP contribution in [-0.2, 0) is 11.2 Å². The smallest absolute Gasteiger partial charge is 0.243 e. The minimum Gasteiger partial charge on any atom is -0.356 e. The Hall–Kier alpha value is -0.830. The normalized spacial score (nSPS) is 14.2. The van der Waals surface area contributed by atoms with E-state index in [0.29, 0.717) is 0 Å². The molecule has 7 heteroatoms. The highest BCUT2D eigenvalue weighted by atomic mass is 127. The van der Waals surface area contributed by atoms with Gasteiger partial charge in [-0.3, -0.25) is 4.79 Å². The fraction of sp³-hybridized carbons (Fsp3) is 0.600. The van der Waals surface area contributed by atoms with Crippen LogP contribution >= 0.6 is 35.3 Å². The maximum Gasteiger partial charge on any atom is 0.243 e. The Bertz CT molecular complexity index is 472. The highest BCUT2D eigenvalue weighted by molar-refractivity contribution is 14.0. The molecule has 1 aromatic heterocycles. The van der Waals surface area contributed by atoms with E-state index in [9.17, 15) is 4.79 Å². The van der Waals surface area contributed by atoms with Crippen LogP contribution in [0.1, 0.15) is 17.7 Å². The lowest BCUT2D eigenvalue weighted by Gasteiger charge is -2.13. The summed E-state index contributed by atoms with van der Waals surface area (Å²) in [5, 5.41) is 8.73. The number of amides is 1. The van der Waals surface area contributed by atoms with E-state index in [1.165, 1.54) is 17.7 Å². The van der Waals surface area contributed by atoms with Gasteiger partial charge in [-0.25, -0.2) is 4.99 Å². The number of rotatable bonds is 7. The molecule has 0 spiro atoms. The first-order valence-corrected chi connectivity index (χ1v) is 8.28. The molecule has 1 aliphatic carbocycles. The number of likely N-dealkylation sites (N-methyl/N-ethyl adjacent to an activating group) is 1. The van der Waals surface area contributed by atoms with E-state index >= 15 is 0 Å². The van der Waals surface area contributed by atoms with Crippen LogP contribution in [0.25, 0.3) is 0 Å². The number of carbonyl (C=O) groups excluding carboxylic acids is 1. The third kappa shape index (κ3) is 7.44. The minimum atomic E-state index is 0. The average molecular weight is 436 g/mol. The van der Waals surface area contributed by atoms with Crippen molar-refractivity contribution in [3.63, 3.8) is 0 Å². The molecule has 0 unspecified atom stereocenters. The number of carbonyl (C=O) groups is 1. The fourth-order valence-electron chi connectivity index (χ4n) is 1.78. The number of thiophene rings is 1. The summed E-state index contributed by atoms with van der Waals surface area (Å²) >= 11 is 1.76. The predicted molar refractivity (Wildman–Crippen MR) is 103 cm³/mol. The zero-order valence-electron chi connectivity index (χ0n) is 13.2. The molecule has 124 valence electrons. The lowest BCUT2D eigenvalue weighted by atomic mass is 10.3. The summed E-state index contributed by atoms with van der Waals surface area (Å²) in [7, 11) is 3.50. The van der Waals surface area contributed by atoms with Crippen LogP contribution in [0.5, 0.6) is 0 Å². The number of nitrogens with zero attached hydrogens (tertiary/aromatic N) is 2. The molecule has 1 saturated carbocycles. The molecule has 22 heavy (non-hydrogen) atoms. The van der Waals surface area contributed by atoms with Gasteiger partial charge in [-0.1, -0.05) is 6.07 Å². The molecular weight excluding hydrogens is 411 g/mol. The second-order valence-corrected chi connectivity index (χ2v) is 6.57. The molecule has 1 amide bonds. The van der Waals surface area contributed by atoms with Gasteiger partial charge in [0.15, 0.2) is 5.96 Å². The summed E-state index contributed by atoms with van der Waals surface area (Å²) in [6.45, 7) is 1.96. The van der Waals surface area contributed by atoms with Crippen LogP contribution in [0.15, 0.2) is 22.5 Å². The molecule has 1 aliphatic rings. The second kappa shape index (κ2) is 10.0. The molecule has 0 aromatic carbocycles. The van der Waals surface area contributed by atoms with Crippen LogP contribution in [0.3, 0.4) is 0 Å². The predicted octanol–water partition coefficient (Wildman–Crippen LogP) is 1.94. The number of guanidine groups is 1. The Labute approximate surface area is 153 Å². The molecule has 2 rings (SSSR count). The Morgan fingerprint density at radius 3 is 2.77 bits per heavy atom. The topological polar surface area (TPSA) is 56.7 Å². The van der Waals surface area contributed by atoms with Gasteiger partial charge in [0.2, 0.25) is 5.91 Å². The molecule has 0 bridgehead atoms. The van der Waals surface area contributed by atoms with Gasteiger partial charge in [0.25, 0.3) is 0 Å². The highest BCUT2D eigenvalue weighted by Crippen LogP contribution is 2.27. The molecule has 5 nitrogen and oxygen atoms in total. The van der Waals surface area contributed by atoms with Gasteiger partial charge in [0.1, 0.15) is 6.54 Å². The Kier molecular flexibility index (Phi) is 8.77. The third-order valence-corrected chi connectivity index (χ3v) is 4.31. The molecule has 0 atom stereocenters. The second-order valence-electron chi connectivity index (χ2n) is 5.53. The van der Waals surface area contributed by atoms with Crippen molar-refractivity contribution in [3.05, 3.63) is 22.4 Å². The van der Waals surface area contributed by atoms with E-state index in [2.05, 4.69) is 33.1 Å². The first-order valence-electron chi connectivity index (χ1n) is 7.40. The standard InChI is InChI=1S/C15H24N4OS.HI/c1-19(2)14(20)11-18-15(17-10-12-5-6-12)16-8-7-13-4-3-9-21-13;/h3-4,9,12H,5-8,10-11H2,1-2H3,(H2,16,17,18);1H. The van der Waals surface area contributed by atoms with Gasteiger partial charge < -0.3 is 15.5 Å². The van der Waals surface area contributed by atoms with Crippen molar-refractivity contribution in [3.8, 4) is 0 Å². The lowest BCUT2D eigenvalue weighted by molar-refractivity contribution is -0.127. The molecule has 0 radical (unpaired) electrons. The molecule has 1 aromatic rings. The van der Waals surface area contributed by atoms with Crippen molar-refractivity contribution in [2.45, 2.75) is 19.3 Å². The van der Waals surface area contributed by atoms with E-state index in [1.54, 1.807) is 30.3 Å². The Morgan fingerprint density at radius 1 is 1.41 bits per heavy atom. The van der Waals surface area contributed by atoms with Crippen molar-refractivity contribution < 1.29 is 4.79 Å². The Morgan fingerprint density at radius 2 is 2.18 bits per heavy atom. The number of nitrogens with one attached hydrogen (secondary N) is 2. The van der Waals surface area contributed by atoms with Crippen molar-refractivity contribution in [1.82, 2.24) is 15.5 Å². The first-order chi connectivity index (χ1) is 10.1. The van der Waals surface area contributed by atoms with Gasteiger partial charge >= 0.3 is 0 Å². The summed E-state index contributed by atoms with van der Waals surface area (Å²) in [5.74, 6) is 1.54. The highest BCUT2D eigenvalue weighted by Gasteiger charge is 2.21. The lowest BCUT2D eigenvalue weighted by Crippen LogP contribution is -2.40. The largest absolute Gasteiger partial charge is 0.356 e. The minimum absolute atomic E-state index is 0. The van der Waals surface area contributed by atoms with Crippen molar-refractivity contribution >= 4 is 47.2 Å². The zero-order valence-corrected chi connectivity index (χ0v) is 16.3.